The molecule has 0 radical (unpaired) electrons. The van der Waals surface area contributed by atoms with Crippen LogP contribution in [0.2, 0.25) is 0 Å². The quantitative estimate of drug-likeness (QED) is 0.464. The Morgan fingerprint density at radius 2 is 1.63 bits per heavy atom. The molecule has 2 aromatic heterocycles. The molecule has 0 N–H and O–H groups in total. The van der Waals surface area contributed by atoms with E-state index >= 15 is 0 Å². The van der Waals surface area contributed by atoms with E-state index in [1.807, 2.05) is 0 Å². The van der Waals surface area contributed by atoms with Crippen molar-refractivity contribution in [1.29, 1.82) is 0 Å². The second kappa shape index (κ2) is 7.26. The van der Waals surface area contributed by atoms with Gasteiger partial charge in [-0.1, -0.05) is 6.07 Å². The summed E-state index contributed by atoms with van der Waals surface area (Å²) in [5.74, 6) is 0.205. The van der Waals surface area contributed by atoms with Crippen LogP contribution in [-0.4, -0.2) is 15.0 Å². The summed E-state index contributed by atoms with van der Waals surface area (Å²) < 4.78 is 82.6. The van der Waals surface area contributed by atoms with Gasteiger partial charge in [0.15, 0.2) is 5.82 Å². The summed E-state index contributed by atoms with van der Waals surface area (Å²) in [6.07, 6.45) is -4.90. The van der Waals surface area contributed by atoms with Crippen LogP contribution in [-0.2, 0) is 12.4 Å². The first-order valence-electron chi connectivity index (χ1n) is 8.87. The fraction of sp³-hybridized carbons (Fsp3) is 0.250. The molecule has 0 atom stereocenters. The van der Waals surface area contributed by atoms with Crippen molar-refractivity contribution >= 4 is 0 Å². The zero-order chi connectivity index (χ0) is 21.5. The Morgan fingerprint density at radius 3 is 2.23 bits per heavy atom. The van der Waals surface area contributed by atoms with Crippen LogP contribution < -0.4 is 4.74 Å². The number of halogens is 6. The molecular weight excluding hydrogens is 412 g/mol. The standard InChI is InChI=1S/C20H13F6N3O/c21-19(22,23)13-2-1-3-14(8-13)30-18-15(11-4-5-11)10-28-17(29-18)12-6-7-16(27-9-12)20(24,25)26/h1-3,6-11H,4-5H2. The Morgan fingerprint density at radius 1 is 0.867 bits per heavy atom. The molecule has 1 fully saturated rings. The number of ether oxygens (including phenoxy) is 1. The van der Waals surface area contributed by atoms with Crippen LogP contribution in [0.4, 0.5) is 26.3 Å². The number of aromatic nitrogens is 3. The highest BCUT2D eigenvalue weighted by Gasteiger charge is 2.33. The van der Waals surface area contributed by atoms with Gasteiger partial charge < -0.3 is 4.74 Å². The molecule has 2 heterocycles. The highest BCUT2D eigenvalue weighted by atomic mass is 19.4. The van der Waals surface area contributed by atoms with Gasteiger partial charge in [0, 0.05) is 23.5 Å². The van der Waals surface area contributed by atoms with Crippen LogP contribution in [0.5, 0.6) is 11.6 Å². The van der Waals surface area contributed by atoms with Gasteiger partial charge >= 0.3 is 12.4 Å². The van der Waals surface area contributed by atoms with Crippen LogP contribution >= 0.6 is 0 Å². The number of pyridine rings is 1. The van der Waals surface area contributed by atoms with E-state index in [0.717, 1.165) is 37.2 Å². The van der Waals surface area contributed by atoms with Gasteiger partial charge in [0.25, 0.3) is 0 Å². The third-order valence-electron chi connectivity index (χ3n) is 4.49. The minimum absolute atomic E-state index is 0.0538. The number of rotatable bonds is 4. The van der Waals surface area contributed by atoms with Crippen LogP contribution in [0.15, 0.2) is 48.8 Å². The second-order valence-corrected chi connectivity index (χ2v) is 6.79. The van der Waals surface area contributed by atoms with Crippen molar-refractivity contribution in [3.8, 4) is 23.0 Å². The predicted octanol–water partition coefficient (Wildman–Crippen LogP) is 6.25. The number of hydrogen-bond acceptors (Lipinski definition) is 4. The Hall–Kier alpha value is -3.17. The molecule has 0 unspecified atom stereocenters. The van der Waals surface area contributed by atoms with E-state index in [4.69, 9.17) is 4.74 Å². The van der Waals surface area contributed by atoms with E-state index in [-0.39, 0.29) is 28.9 Å². The van der Waals surface area contributed by atoms with Crippen LogP contribution in [0, 0.1) is 0 Å². The van der Waals surface area contributed by atoms with E-state index in [2.05, 4.69) is 15.0 Å². The third-order valence-corrected chi connectivity index (χ3v) is 4.49. The number of nitrogens with zero attached hydrogens (tertiary/aromatic N) is 3. The molecule has 0 saturated heterocycles. The summed E-state index contributed by atoms with van der Waals surface area (Å²) in [5, 5.41) is 0. The molecular formula is C20H13F6N3O. The van der Waals surface area contributed by atoms with Crippen molar-refractivity contribution in [1.82, 2.24) is 15.0 Å². The summed E-state index contributed by atoms with van der Waals surface area (Å²) in [5.41, 5.74) is -1.06. The van der Waals surface area contributed by atoms with E-state index < -0.39 is 23.6 Å². The highest BCUT2D eigenvalue weighted by Crippen LogP contribution is 2.45. The van der Waals surface area contributed by atoms with Gasteiger partial charge in [0.1, 0.15) is 11.4 Å². The largest absolute Gasteiger partial charge is 0.439 e. The summed E-state index contributed by atoms with van der Waals surface area (Å²) in [6, 6.07) is 6.35. The third kappa shape index (κ3) is 4.37. The number of hydrogen-bond donors (Lipinski definition) is 0. The average Bonchev–Trinajstić information content (AvgIpc) is 3.52. The highest BCUT2D eigenvalue weighted by molar-refractivity contribution is 5.55. The Bertz CT molecular complexity index is 1060. The van der Waals surface area contributed by atoms with Gasteiger partial charge in [0.05, 0.1) is 5.56 Å². The van der Waals surface area contributed by atoms with Crippen molar-refractivity contribution in [3.63, 3.8) is 0 Å². The van der Waals surface area contributed by atoms with Gasteiger partial charge in [-0.2, -0.15) is 31.3 Å². The smallest absolute Gasteiger partial charge is 0.433 e. The first-order valence-corrected chi connectivity index (χ1v) is 8.87. The second-order valence-electron chi connectivity index (χ2n) is 6.79. The number of benzene rings is 1. The molecule has 1 saturated carbocycles. The molecule has 10 heteroatoms. The molecule has 0 spiro atoms. The topological polar surface area (TPSA) is 47.9 Å². The Kier molecular flexibility index (Phi) is 4.87. The molecule has 30 heavy (non-hydrogen) atoms. The van der Waals surface area contributed by atoms with Crippen molar-refractivity contribution in [2.45, 2.75) is 31.1 Å². The average molecular weight is 425 g/mol. The molecule has 4 rings (SSSR count). The summed E-state index contributed by atoms with van der Waals surface area (Å²) in [7, 11) is 0. The van der Waals surface area contributed by atoms with Gasteiger partial charge in [-0.25, -0.2) is 4.98 Å². The SMILES string of the molecule is FC(F)(F)c1cccc(Oc2nc(-c3ccc(C(F)(F)F)nc3)ncc2C2CC2)c1. The lowest BCUT2D eigenvalue weighted by atomic mass is 10.2. The zero-order valence-corrected chi connectivity index (χ0v) is 15.1. The Balaban J connectivity index is 1.68. The molecule has 3 aromatic rings. The van der Waals surface area contributed by atoms with E-state index in [0.29, 0.717) is 5.56 Å². The monoisotopic (exact) mass is 425 g/mol. The fourth-order valence-electron chi connectivity index (χ4n) is 2.81. The lowest BCUT2D eigenvalue weighted by Gasteiger charge is -2.13. The summed E-state index contributed by atoms with van der Waals surface area (Å²) >= 11 is 0. The zero-order valence-electron chi connectivity index (χ0n) is 15.1. The molecule has 0 bridgehead atoms. The normalized spacial score (nSPS) is 14.6. The maximum absolute atomic E-state index is 13.0. The maximum atomic E-state index is 13.0. The molecule has 1 aromatic carbocycles. The van der Waals surface area contributed by atoms with Gasteiger partial charge in [-0.15, -0.1) is 0 Å². The number of alkyl halides is 6. The van der Waals surface area contributed by atoms with E-state index in [9.17, 15) is 26.3 Å². The fourth-order valence-corrected chi connectivity index (χ4v) is 2.81. The summed E-state index contributed by atoms with van der Waals surface area (Å²) in [4.78, 5) is 11.8. The van der Waals surface area contributed by atoms with Crippen molar-refractivity contribution in [2.75, 3.05) is 0 Å². The van der Waals surface area contributed by atoms with Gasteiger partial charge in [0.2, 0.25) is 5.88 Å². The Labute approximate surface area is 166 Å². The molecule has 1 aliphatic rings. The minimum atomic E-state index is -4.58. The molecule has 4 nitrogen and oxygen atoms in total. The lowest BCUT2D eigenvalue weighted by Crippen LogP contribution is -2.07. The molecule has 1 aliphatic carbocycles. The van der Waals surface area contributed by atoms with E-state index in [1.54, 1.807) is 0 Å². The van der Waals surface area contributed by atoms with Crippen molar-refractivity contribution < 1.29 is 31.1 Å². The first kappa shape index (κ1) is 20.1. The lowest BCUT2D eigenvalue weighted by molar-refractivity contribution is -0.141. The first-order chi connectivity index (χ1) is 14.1. The van der Waals surface area contributed by atoms with Crippen molar-refractivity contribution in [3.05, 3.63) is 65.6 Å². The minimum Gasteiger partial charge on any atom is -0.439 e. The molecule has 0 amide bonds. The van der Waals surface area contributed by atoms with Crippen molar-refractivity contribution in [2.24, 2.45) is 0 Å². The molecule has 0 aliphatic heterocycles. The predicted molar refractivity (Wildman–Crippen MR) is 93.8 cm³/mol. The maximum Gasteiger partial charge on any atom is 0.433 e. The van der Waals surface area contributed by atoms with Gasteiger partial charge in [-0.05, 0) is 49.1 Å². The van der Waals surface area contributed by atoms with Crippen LogP contribution in [0.3, 0.4) is 0 Å². The van der Waals surface area contributed by atoms with Gasteiger partial charge in [-0.3, -0.25) is 4.98 Å². The van der Waals surface area contributed by atoms with E-state index in [1.165, 1.54) is 24.4 Å². The molecule has 156 valence electrons. The van der Waals surface area contributed by atoms with Crippen LogP contribution in [0.25, 0.3) is 11.4 Å². The summed E-state index contributed by atoms with van der Waals surface area (Å²) in [6.45, 7) is 0. The van der Waals surface area contributed by atoms with Crippen LogP contribution in [0.1, 0.15) is 35.6 Å².